The standard InChI is InChI=1S/C18H21N5O2/c1-12-11-15(22-18(19-2)20-12)16(24)21-14-7-5-13(6-8-14)17(25)23-9-3-4-10-23/h5-8,11H,3-4,9-10H2,1-2H3,(H,21,24)(H,19,20,22). The zero-order valence-electron chi connectivity index (χ0n) is 14.4. The number of likely N-dealkylation sites (tertiary alicyclic amines) is 1. The van der Waals surface area contributed by atoms with Crippen molar-refractivity contribution in [2.24, 2.45) is 0 Å². The van der Waals surface area contributed by atoms with Gasteiger partial charge in [-0.25, -0.2) is 9.97 Å². The Hall–Kier alpha value is -2.96. The molecular formula is C18H21N5O2. The zero-order valence-corrected chi connectivity index (χ0v) is 14.4. The Labute approximate surface area is 146 Å². The summed E-state index contributed by atoms with van der Waals surface area (Å²) in [6.07, 6.45) is 2.12. The second-order valence-electron chi connectivity index (χ2n) is 6.00. The quantitative estimate of drug-likeness (QED) is 0.892. The van der Waals surface area contributed by atoms with Crippen molar-refractivity contribution in [2.45, 2.75) is 19.8 Å². The molecule has 1 aliphatic heterocycles. The largest absolute Gasteiger partial charge is 0.357 e. The second-order valence-corrected chi connectivity index (χ2v) is 6.00. The molecule has 1 aliphatic rings. The van der Waals surface area contributed by atoms with E-state index in [9.17, 15) is 9.59 Å². The average molecular weight is 339 g/mol. The summed E-state index contributed by atoms with van der Waals surface area (Å²) < 4.78 is 0. The fraction of sp³-hybridized carbons (Fsp3) is 0.333. The Morgan fingerprint density at radius 3 is 2.40 bits per heavy atom. The van der Waals surface area contributed by atoms with E-state index in [0.717, 1.165) is 25.9 Å². The van der Waals surface area contributed by atoms with Gasteiger partial charge in [0, 0.05) is 37.1 Å². The molecule has 3 rings (SSSR count). The van der Waals surface area contributed by atoms with Crippen molar-refractivity contribution in [3.8, 4) is 0 Å². The van der Waals surface area contributed by atoms with Crippen molar-refractivity contribution in [3.63, 3.8) is 0 Å². The molecule has 2 aromatic rings. The van der Waals surface area contributed by atoms with Crippen LogP contribution in [0.25, 0.3) is 0 Å². The highest BCUT2D eigenvalue weighted by molar-refractivity contribution is 6.03. The van der Waals surface area contributed by atoms with Crippen LogP contribution in [0.15, 0.2) is 30.3 Å². The minimum absolute atomic E-state index is 0.0421. The lowest BCUT2D eigenvalue weighted by molar-refractivity contribution is 0.0792. The summed E-state index contributed by atoms with van der Waals surface area (Å²) in [5, 5.41) is 5.62. The number of aryl methyl sites for hydroxylation is 1. The maximum atomic E-state index is 12.4. The predicted molar refractivity (Wildman–Crippen MR) is 95.8 cm³/mol. The van der Waals surface area contributed by atoms with E-state index in [4.69, 9.17) is 0 Å². The van der Waals surface area contributed by atoms with Crippen LogP contribution in [0.4, 0.5) is 11.6 Å². The van der Waals surface area contributed by atoms with Gasteiger partial charge >= 0.3 is 0 Å². The van der Waals surface area contributed by atoms with Crippen molar-refractivity contribution >= 4 is 23.5 Å². The summed E-state index contributed by atoms with van der Waals surface area (Å²) in [7, 11) is 1.70. The number of aromatic nitrogens is 2. The van der Waals surface area contributed by atoms with Crippen molar-refractivity contribution in [1.29, 1.82) is 0 Å². The summed E-state index contributed by atoms with van der Waals surface area (Å²) in [4.78, 5) is 34.9. The highest BCUT2D eigenvalue weighted by Gasteiger charge is 2.19. The van der Waals surface area contributed by atoms with Crippen molar-refractivity contribution in [2.75, 3.05) is 30.8 Å². The fourth-order valence-electron chi connectivity index (χ4n) is 2.79. The van der Waals surface area contributed by atoms with Gasteiger partial charge in [-0.2, -0.15) is 0 Å². The molecule has 0 saturated carbocycles. The molecule has 1 aromatic heterocycles. The van der Waals surface area contributed by atoms with Crippen molar-refractivity contribution in [3.05, 3.63) is 47.3 Å². The van der Waals surface area contributed by atoms with Crippen LogP contribution in [-0.2, 0) is 0 Å². The maximum absolute atomic E-state index is 12.4. The lowest BCUT2D eigenvalue weighted by atomic mass is 10.2. The first-order chi connectivity index (χ1) is 12.1. The van der Waals surface area contributed by atoms with E-state index < -0.39 is 0 Å². The number of carbonyl (C=O) groups is 2. The third-order valence-corrected chi connectivity index (χ3v) is 4.09. The molecule has 1 fully saturated rings. The number of hydrogen-bond acceptors (Lipinski definition) is 5. The number of hydrogen-bond donors (Lipinski definition) is 2. The minimum Gasteiger partial charge on any atom is -0.357 e. The topological polar surface area (TPSA) is 87.2 Å². The number of rotatable bonds is 4. The van der Waals surface area contributed by atoms with Gasteiger partial charge in [-0.3, -0.25) is 9.59 Å². The summed E-state index contributed by atoms with van der Waals surface area (Å²) >= 11 is 0. The molecule has 0 aliphatic carbocycles. The number of carbonyl (C=O) groups excluding carboxylic acids is 2. The molecule has 2 amide bonds. The van der Waals surface area contributed by atoms with Gasteiger partial charge in [-0.15, -0.1) is 0 Å². The van der Waals surface area contributed by atoms with Crippen molar-refractivity contribution in [1.82, 2.24) is 14.9 Å². The van der Waals surface area contributed by atoms with E-state index in [-0.39, 0.29) is 17.5 Å². The molecular weight excluding hydrogens is 318 g/mol. The van der Waals surface area contributed by atoms with Gasteiger partial charge in [-0.1, -0.05) is 0 Å². The van der Waals surface area contributed by atoms with Gasteiger partial charge in [0.05, 0.1) is 0 Å². The molecule has 1 saturated heterocycles. The summed E-state index contributed by atoms with van der Waals surface area (Å²) in [6.45, 7) is 3.44. The smallest absolute Gasteiger partial charge is 0.274 e. The third-order valence-electron chi connectivity index (χ3n) is 4.09. The van der Waals surface area contributed by atoms with Gasteiger partial charge in [0.25, 0.3) is 11.8 Å². The molecule has 7 nitrogen and oxygen atoms in total. The van der Waals surface area contributed by atoms with Crippen LogP contribution < -0.4 is 10.6 Å². The molecule has 1 aromatic carbocycles. The van der Waals surface area contributed by atoms with Crippen LogP contribution in [0.3, 0.4) is 0 Å². The van der Waals surface area contributed by atoms with Crippen LogP contribution in [0.5, 0.6) is 0 Å². The van der Waals surface area contributed by atoms with Gasteiger partial charge in [-0.05, 0) is 50.1 Å². The molecule has 7 heteroatoms. The Morgan fingerprint density at radius 1 is 1.08 bits per heavy atom. The highest BCUT2D eigenvalue weighted by atomic mass is 16.2. The second kappa shape index (κ2) is 7.29. The summed E-state index contributed by atoms with van der Waals surface area (Å²) in [6, 6.07) is 8.56. The van der Waals surface area contributed by atoms with Crippen LogP contribution in [-0.4, -0.2) is 46.8 Å². The molecule has 130 valence electrons. The number of amides is 2. The molecule has 0 atom stereocenters. The lowest BCUT2D eigenvalue weighted by Crippen LogP contribution is -2.27. The van der Waals surface area contributed by atoms with E-state index >= 15 is 0 Å². The number of nitrogens with one attached hydrogen (secondary N) is 2. The first-order valence-electron chi connectivity index (χ1n) is 8.31. The summed E-state index contributed by atoms with van der Waals surface area (Å²) in [5.74, 6) is 0.123. The van der Waals surface area contributed by atoms with Crippen LogP contribution in [0, 0.1) is 6.92 Å². The number of anilines is 2. The molecule has 2 N–H and O–H groups in total. The van der Waals surface area contributed by atoms with Gasteiger partial charge < -0.3 is 15.5 Å². The van der Waals surface area contributed by atoms with Gasteiger partial charge in [0.15, 0.2) is 0 Å². The Morgan fingerprint density at radius 2 is 1.76 bits per heavy atom. The van der Waals surface area contributed by atoms with E-state index in [1.54, 1.807) is 44.3 Å². The Kier molecular flexibility index (Phi) is 4.92. The number of nitrogens with zero attached hydrogens (tertiary/aromatic N) is 3. The molecule has 0 bridgehead atoms. The number of benzene rings is 1. The average Bonchev–Trinajstić information content (AvgIpc) is 3.15. The third kappa shape index (κ3) is 3.93. The fourth-order valence-corrected chi connectivity index (χ4v) is 2.79. The van der Waals surface area contributed by atoms with Gasteiger partial charge in [0.1, 0.15) is 5.69 Å². The molecule has 0 unspecified atom stereocenters. The summed E-state index contributed by atoms with van der Waals surface area (Å²) in [5.41, 5.74) is 2.24. The van der Waals surface area contributed by atoms with E-state index in [1.165, 1.54) is 0 Å². The van der Waals surface area contributed by atoms with Crippen LogP contribution in [0.1, 0.15) is 39.4 Å². The normalized spacial score (nSPS) is 13.6. The van der Waals surface area contributed by atoms with Crippen LogP contribution >= 0.6 is 0 Å². The minimum atomic E-state index is -0.319. The van der Waals surface area contributed by atoms with Crippen LogP contribution in [0.2, 0.25) is 0 Å². The first-order valence-corrected chi connectivity index (χ1v) is 8.31. The Balaban J connectivity index is 1.69. The molecule has 0 radical (unpaired) electrons. The molecule has 0 spiro atoms. The molecule has 25 heavy (non-hydrogen) atoms. The lowest BCUT2D eigenvalue weighted by Gasteiger charge is -2.15. The Bertz CT molecular complexity index is 783. The van der Waals surface area contributed by atoms with E-state index in [2.05, 4.69) is 20.6 Å². The monoisotopic (exact) mass is 339 g/mol. The zero-order chi connectivity index (χ0) is 17.8. The van der Waals surface area contributed by atoms with Gasteiger partial charge in [0.2, 0.25) is 5.95 Å². The highest BCUT2D eigenvalue weighted by Crippen LogP contribution is 2.16. The molecule has 2 heterocycles. The van der Waals surface area contributed by atoms with E-state index in [0.29, 0.717) is 22.9 Å². The first kappa shape index (κ1) is 16.9. The van der Waals surface area contributed by atoms with E-state index in [1.807, 2.05) is 4.90 Å². The predicted octanol–water partition coefficient (Wildman–Crippen LogP) is 2.32. The van der Waals surface area contributed by atoms with Crippen molar-refractivity contribution < 1.29 is 9.59 Å². The SMILES string of the molecule is CNc1nc(C)cc(C(=O)Nc2ccc(C(=O)N3CCCC3)cc2)n1. The maximum Gasteiger partial charge on any atom is 0.274 e.